The highest BCUT2D eigenvalue weighted by Crippen LogP contribution is 2.30. The molecule has 3 unspecified atom stereocenters. The molecule has 1 heterocycles. The Kier molecular flexibility index (Phi) is 3.96. The van der Waals surface area contributed by atoms with Gasteiger partial charge < -0.3 is 10.0 Å². The van der Waals surface area contributed by atoms with Crippen LogP contribution in [0.4, 0.5) is 0 Å². The molecule has 0 saturated carbocycles. The lowest BCUT2D eigenvalue weighted by atomic mass is 9.81. The summed E-state index contributed by atoms with van der Waals surface area (Å²) in [5.74, 6) is 0.705. The highest BCUT2D eigenvalue weighted by atomic mass is 16.3. The minimum Gasteiger partial charge on any atom is -0.390 e. The Labute approximate surface area is 88.3 Å². The van der Waals surface area contributed by atoms with Crippen LogP contribution in [0, 0.1) is 5.92 Å². The van der Waals surface area contributed by atoms with Crippen LogP contribution in [0.5, 0.6) is 0 Å². The van der Waals surface area contributed by atoms with E-state index in [0.29, 0.717) is 12.0 Å². The zero-order valence-corrected chi connectivity index (χ0v) is 10.1. The molecule has 0 amide bonds. The first-order valence-corrected chi connectivity index (χ1v) is 5.89. The van der Waals surface area contributed by atoms with E-state index in [1.165, 1.54) is 12.8 Å². The van der Waals surface area contributed by atoms with Crippen molar-refractivity contribution in [3.8, 4) is 0 Å². The van der Waals surface area contributed by atoms with Gasteiger partial charge in [0.2, 0.25) is 0 Å². The Morgan fingerprint density at radius 1 is 1.57 bits per heavy atom. The second-order valence-corrected chi connectivity index (χ2v) is 5.26. The van der Waals surface area contributed by atoms with E-state index >= 15 is 0 Å². The van der Waals surface area contributed by atoms with Gasteiger partial charge in [-0.1, -0.05) is 20.3 Å². The molecule has 0 radical (unpaired) electrons. The van der Waals surface area contributed by atoms with Gasteiger partial charge in [0.1, 0.15) is 0 Å². The zero-order valence-electron chi connectivity index (χ0n) is 10.1. The molecule has 84 valence electrons. The molecule has 1 aliphatic heterocycles. The Morgan fingerprint density at radius 3 is 2.79 bits per heavy atom. The van der Waals surface area contributed by atoms with Crippen molar-refractivity contribution in [2.75, 3.05) is 13.6 Å². The largest absolute Gasteiger partial charge is 0.390 e. The average Bonchev–Trinajstić information content (AvgIpc) is 2.10. The summed E-state index contributed by atoms with van der Waals surface area (Å²) in [5.41, 5.74) is -0.431. The maximum Gasteiger partial charge on any atom is 0.0647 e. The lowest BCUT2D eigenvalue weighted by molar-refractivity contribution is -0.0390. The molecule has 2 heteroatoms. The quantitative estimate of drug-likeness (QED) is 0.753. The predicted molar refractivity (Wildman–Crippen MR) is 60.3 cm³/mol. The van der Waals surface area contributed by atoms with E-state index in [1.54, 1.807) is 0 Å². The first-order chi connectivity index (χ1) is 6.46. The fourth-order valence-corrected chi connectivity index (χ4v) is 2.57. The van der Waals surface area contributed by atoms with Crippen molar-refractivity contribution < 1.29 is 5.11 Å². The van der Waals surface area contributed by atoms with Gasteiger partial charge in [0.25, 0.3) is 0 Å². The van der Waals surface area contributed by atoms with Crippen LogP contribution in [-0.2, 0) is 0 Å². The third-order valence-electron chi connectivity index (χ3n) is 3.62. The van der Waals surface area contributed by atoms with Gasteiger partial charge in [0.15, 0.2) is 0 Å². The molecule has 0 aliphatic carbocycles. The van der Waals surface area contributed by atoms with Crippen molar-refractivity contribution in [2.24, 2.45) is 5.92 Å². The van der Waals surface area contributed by atoms with Gasteiger partial charge in [0.05, 0.1) is 5.60 Å². The molecule has 0 bridgehead atoms. The number of hydrogen-bond donors (Lipinski definition) is 1. The lowest BCUT2D eigenvalue weighted by Crippen LogP contribution is -2.50. The zero-order chi connectivity index (χ0) is 10.8. The second kappa shape index (κ2) is 4.63. The number of hydrogen-bond acceptors (Lipinski definition) is 2. The van der Waals surface area contributed by atoms with Crippen molar-refractivity contribution >= 4 is 0 Å². The Balaban J connectivity index is 2.56. The maximum atomic E-state index is 10.1. The third kappa shape index (κ3) is 2.96. The van der Waals surface area contributed by atoms with Gasteiger partial charge in [-0.2, -0.15) is 0 Å². The SMILES string of the molecule is CCCC(C)C1CC(C)(O)CCN1C. The van der Waals surface area contributed by atoms with E-state index in [1.807, 2.05) is 6.92 Å². The molecule has 1 fully saturated rings. The molecule has 14 heavy (non-hydrogen) atoms. The van der Waals surface area contributed by atoms with E-state index in [9.17, 15) is 5.11 Å². The van der Waals surface area contributed by atoms with Crippen molar-refractivity contribution in [3.63, 3.8) is 0 Å². The van der Waals surface area contributed by atoms with Gasteiger partial charge in [-0.05, 0) is 39.2 Å². The molecule has 1 saturated heterocycles. The molecule has 3 atom stereocenters. The number of piperidine rings is 1. The summed E-state index contributed by atoms with van der Waals surface area (Å²) < 4.78 is 0. The molecular weight excluding hydrogens is 174 g/mol. The molecule has 1 aliphatic rings. The summed E-state index contributed by atoms with van der Waals surface area (Å²) in [5, 5.41) is 10.1. The van der Waals surface area contributed by atoms with Crippen LogP contribution in [0.3, 0.4) is 0 Å². The van der Waals surface area contributed by atoms with Gasteiger partial charge in [-0.25, -0.2) is 0 Å². The molecular formula is C12H25NO. The standard InChI is InChI=1S/C12H25NO/c1-5-6-10(2)11-9-12(3,14)7-8-13(11)4/h10-11,14H,5-9H2,1-4H3. The Bertz CT molecular complexity index is 179. The molecule has 0 aromatic carbocycles. The predicted octanol–water partition coefficient (Wildman–Crippen LogP) is 2.27. The first kappa shape index (κ1) is 12.0. The summed E-state index contributed by atoms with van der Waals surface area (Å²) in [6, 6.07) is 0.568. The lowest BCUT2D eigenvalue weighted by Gasteiger charge is -2.43. The molecule has 2 nitrogen and oxygen atoms in total. The van der Waals surface area contributed by atoms with Crippen LogP contribution >= 0.6 is 0 Å². The smallest absolute Gasteiger partial charge is 0.0647 e. The molecule has 0 aromatic heterocycles. The molecule has 1 rings (SSSR count). The Hall–Kier alpha value is -0.0800. The van der Waals surface area contributed by atoms with Crippen LogP contribution in [0.1, 0.15) is 46.5 Å². The van der Waals surface area contributed by atoms with E-state index in [0.717, 1.165) is 19.4 Å². The summed E-state index contributed by atoms with van der Waals surface area (Å²) in [6.45, 7) is 7.56. The summed E-state index contributed by atoms with van der Waals surface area (Å²) in [4.78, 5) is 2.41. The Morgan fingerprint density at radius 2 is 2.21 bits per heavy atom. The van der Waals surface area contributed by atoms with Gasteiger partial charge >= 0.3 is 0 Å². The van der Waals surface area contributed by atoms with Crippen LogP contribution in [0.2, 0.25) is 0 Å². The normalized spacial score (nSPS) is 37.1. The van der Waals surface area contributed by atoms with Gasteiger partial charge in [0, 0.05) is 12.6 Å². The number of aliphatic hydroxyl groups is 1. The first-order valence-electron chi connectivity index (χ1n) is 5.89. The third-order valence-corrected chi connectivity index (χ3v) is 3.62. The van der Waals surface area contributed by atoms with Crippen LogP contribution in [0.15, 0.2) is 0 Å². The van der Waals surface area contributed by atoms with Crippen molar-refractivity contribution in [1.29, 1.82) is 0 Å². The average molecular weight is 199 g/mol. The fourth-order valence-electron chi connectivity index (χ4n) is 2.57. The molecule has 0 spiro atoms. The van der Waals surface area contributed by atoms with Crippen LogP contribution in [0.25, 0.3) is 0 Å². The van der Waals surface area contributed by atoms with Crippen LogP contribution < -0.4 is 0 Å². The molecule has 0 aromatic rings. The van der Waals surface area contributed by atoms with Crippen LogP contribution in [-0.4, -0.2) is 35.2 Å². The molecule has 1 N–H and O–H groups in total. The van der Waals surface area contributed by atoms with E-state index in [4.69, 9.17) is 0 Å². The van der Waals surface area contributed by atoms with E-state index < -0.39 is 5.60 Å². The number of nitrogens with zero attached hydrogens (tertiary/aromatic N) is 1. The van der Waals surface area contributed by atoms with Crippen molar-refractivity contribution in [2.45, 2.75) is 58.1 Å². The van der Waals surface area contributed by atoms with Crippen molar-refractivity contribution in [1.82, 2.24) is 4.90 Å². The number of rotatable bonds is 3. The van der Waals surface area contributed by atoms with E-state index in [2.05, 4.69) is 25.8 Å². The minimum absolute atomic E-state index is 0.431. The summed E-state index contributed by atoms with van der Waals surface area (Å²) in [7, 11) is 2.19. The summed E-state index contributed by atoms with van der Waals surface area (Å²) in [6.07, 6.45) is 4.36. The minimum atomic E-state index is -0.431. The monoisotopic (exact) mass is 199 g/mol. The van der Waals surface area contributed by atoms with Gasteiger partial charge in [-0.15, -0.1) is 0 Å². The summed E-state index contributed by atoms with van der Waals surface area (Å²) >= 11 is 0. The fraction of sp³-hybridized carbons (Fsp3) is 1.00. The van der Waals surface area contributed by atoms with E-state index in [-0.39, 0.29) is 0 Å². The highest BCUT2D eigenvalue weighted by Gasteiger charge is 2.35. The highest BCUT2D eigenvalue weighted by molar-refractivity contribution is 4.89. The maximum absolute atomic E-state index is 10.1. The van der Waals surface area contributed by atoms with Crippen molar-refractivity contribution in [3.05, 3.63) is 0 Å². The van der Waals surface area contributed by atoms with Gasteiger partial charge in [-0.3, -0.25) is 0 Å². The topological polar surface area (TPSA) is 23.5 Å². The second-order valence-electron chi connectivity index (χ2n) is 5.26. The number of likely N-dealkylation sites (tertiary alicyclic amines) is 1.